The van der Waals surface area contributed by atoms with Gasteiger partial charge in [-0.15, -0.1) is 0 Å². The lowest BCUT2D eigenvalue weighted by molar-refractivity contribution is 0.103. The smallest absolute Gasteiger partial charge is 0.408 e. The average Bonchev–Trinajstić information content (AvgIpc) is 2.77. The second-order valence-corrected chi connectivity index (χ2v) is 4.18. The molecule has 0 fully saturated rings. The van der Waals surface area contributed by atoms with Gasteiger partial charge in [0.1, 0.15) is 0 Å². The number of rotatable bonds is 2. The van der Waals surface area contributed by atoms with E-state index >= 15 is 0 Å². The summed E-state index contributed by atoms with van der Waals surface area (Å²) in [5.41, 5.74) is 8.14. The molecule has 94 valence electrons. The lowest BCUT2D eigenvalue weighted by Gasteiger charge is -2.01. The molecule has 0 radical (unpaired) electrons. The minimum atomic E-state index is -0.535. The van der Waals surface area contributed by atoms with Crippen LogP contribution < -0.4 is 11.5 Å². The first-order chi connectivity index (χ1) is 9.13. The van der Waals surface area contributed by atoms with Crippen LogP contribution in [0.5, 0.6) is 0 Å². The number of hydrogen-bond donors (Lipinski definition) is 2. The number of aromatic nitrogens is 1. The standard InChI is InChI=1S/C14H10N2O3/c15-10-4-1-8(2-5-10)13(17)9-3-6-12-11(7-9)16-14(18)19-12/h1-7H,15H2,(H,16,18). The van der Waals surface area contributed by atoms with Crippen molar-refractivity contribution in [3.8, 4) is 0 Å². The Morgan fingerprint density at radius 2 is 1.74 bits per heavy atom. The van der Waals surface area contributed by atoms with E-state index in [2.05, 4.69) is 4.98 Å². The molecule has 3 N–H and O–H groups in total. The highest BCUT2D eigenvalue weighted by Crippen LogP contribution is 2.16. The molecule has 0 amide bonds. The highest BCUT2D eigenvalue weighted by molar-refractivity contribution is 6.10. The molecule has 3 aromatic rings. The zero-order valence-electron chi connectivity index (χ0n) is 9.84. The van der Waals surface area contributed by atoms with Crippen molar-refractivity contribution in [3.63, 3.8) is 0 Å². The molecule has 0 aliphatic rings. The third-order valence-electron chi connectivity index (χ3n) is 2.85. The number of anilines is 1. The second-order valence-electron chi connectivity index (χ2n) is 4.18. The number of nitrogens with one attached hydrogen (secondary N) is 1. The quantitative estimate of drug-likeness (QED) is 0.540. The third kappa shape index (κ3) is 2.01. The Morgan fingerprint density at radius 1 is 1.05 bits per heavy atom. The van der Waals surface area contributed by atoms with Crippen molar-refractivity contribution >= 4 is 22.6 Å². The van der Waals surface area contributed by atoms with Gasteiger partial charge < -0.3 is 10.2 Å². The number of hydrogen-bond acceptors (Lipinski definition) is 4. The van der Waals surface area contributed by atoms with Crippen molar-refractivity contribution < 1.29 is 9.21 Å². The van der Waals surface area contributed by atoms with E-state index in [1.165, 1.54) is 0 Å². The van der Waals surface area contributed by atoms with Crippen LogP contribution in [0.25, 0.3) is 11.1 Å². The predicted molar refractivity (Wildman–Crippen MR) is 71.1 cm³/mol. The van der Waals surface area contributed by atoms with Gasteiger partial charge in [0.15, 0.2) is 11.4 Å². The van der Waals surface area contributed by atoms with E-state index in [9.17, 15) is 9.59 Å². The van der Waals surface area contributed by atoms with Gasteiger partial charge >= 0.3 is 5.76 Å². The number of nitrogen functional groups attached to an aromatic ring is 1. The lowest BCUT2D eigenvalue weighted by Crippen LogP contribution is -2.01. The second kappa shape index (κ2) is 4.13. The van der Waals surface area contributed by atoms with Gasteiger partial charge in [0.25, 0.3) is 0 Å². The Balaban J connectivity index is 2.05. The van der Waals surface area contributed by atoms with Crippen molar-refractivity contribution in [2.45, 2.75) is 0 Å². The molecule has 0 unspecified atom stereocenters. The molecule has 0 saturated carbocycles. The molecular formula is C14H10N2O3. The van der Waals surface area contributed by atoms with Gasteiger partial charge in [-0.25, -0.2) is 4.79 Å². The largest absolute Gasteiger partial charge is 0.417 e. The number of H-pyrrole nitrogens is 1. The van der Waals surface area contributed by atoms with Crippen molar-refractivity contribution in [2.75, 3.05) is 5.73 Å². The van der Waals surface area contributed by atoms with E-state index in [0.717, 1.165) is 0 Å². The maximum Gasteiger partial charge on any atom is 0.417 e. The molecule has 0 bridgehead atoms. The Morgan fingerprint density at radius 3 is 2.47 bits per heavy atom. The van der Waals surface area contributed by atoms with Crippen LogP contribution in [0.4, 0.5) is 5.69 Å². The van der Waals surface area contributed by atoms with Crippen LogP contribution in [0.1, 0.15) is 15.9 Å². The van der Waals surface area contributed by atoms with Crippen LogP contribution in [-0.2, 0) is 0 Å². The zero-order valence-corrected chi connectivity index (χ0v) is 9.84. The minimum absolute atomic E-state index is 0.135. The first-order valence-electron chi connectivity index (χ1n) is 5.66. The summed E-state index contributed by atoms with van der Waals surface area (Å²) < 4.78 is 4.89. The molecule has 1 heterocycles. The van der Waals surface area contributed by atoms with Crippen LogP contribution in [0.3, 0.4) is 0 Å². The van der Waals surface area contributed by atoms with Crippen molar-refractivity contribution in [3.05, 3.63) is 64.1 Å². The summed E-state index contributed by atoms with van der Waals surface area (Å²) in [6.07, 6.45) is 0. The zero-order chi connectivity index (χ0) is 13.4. The van der Waals surface area contributed by atoms with Crippen LogP contribution in [0.15, 0.2) is 51.7 Å². The summed E-state index contributed by atoms with van der Waals surface area (Å²) in [7, 11) is 0. The SMILES string of the molecule is Nc1ccc(C(=O)c2ccc3oc(=O)[nH]c3c2)cc1. The number of benzene rings is 2. The van der Waals surface area contributed by atoms with Crippen LogP contribution >= 0.6 is 0 Å². The van der Waals surface area contributed by atoms with E-state index in [1.54, 1.807) is 42.5 Å². The molecule has 1 aromatic heterocycles. The predicted octanol–water partition coefficient (Wildman–Crippen LogP) is 1.93. The summed E-state index contributed by atoms with van der Waals surface area (Å²) in [4.78, 5) is 25.8. The Bertz CT molecular complexity index is 813. The van der Waals surface area contributed by atoms with Crippen LogP contribution in [-0.4, -0.2) is 10.8 Å². The molecule has 0 atom stereocenters. The summed E-state index contributed by atoms with van der Waals surface area (Å²) in [6, 6.07) is 11.5. The Hall–Kier alpha value is -2.82. The maximum atomic E-state index is 12.2. The molecule has 5 nitrogen and oxygen atoms in total. The lowest BCUT2D eigenvalue weighted by atomic mass is 10.0. The molecule has 0 aliphatic carbocycles. The van der Waals surface area contributed by atoms with E-state index in [0.29, 0.717) is 27.9 Å². The van der Waals surface area contributed by atoms with Gasteiger partial charge in [-0.2, -0.15) is 0 Å². The topological polar surface area (TPSA) is 89.1 Å². The van der Waals surface area contributed by atoms with Gasteiger partial charge in [-0.1, -0.05) is 0 Å². The first kappa shape index (κ1) is 11.3. The Labute approximate surface area is 107 Å². The fraction of sp³-hybridized carbons (Fsp3) is 0. The highest BCUT2D eigenvalue weighted by atomic mass is 16.4. The fourth-order valence-corrected chi connectivity index (χ4v) is 1.89. The van der Waals surface area contributed by atoms with E-state index in [-0.39, 0.29) is 5.78 Å². The molecule has 19 heavy (non-hydrogen) atoms. The molecule has 0 spiro atoms. The first-order valence-corrected chi connectivity index (χ1v) is 5.66. The minimum Gasteiger partial charge on any atom is -0.408 e. The molecule has 0 saturated heterocycles. The summed E-state index contributed by atoms with van der Waals surface area (Å²) in [6.45, 7) is 0. The molecule has 5 heteroatoms. The number of nitrogens with two attached hydrogens (primary N) is 1. The number of fused-ring (bicyclic) bond motifs is 1. The average molecular weight is 254 g/mol. The van der Waals surface area contributed by atoms with Crippen molar-refractivity contribution in [1.82, 2.24) is 4.98 Å². The number of aromatic amines is 1. The molecular weight excluding hydrogens is 244 g/mol. The summed E-state index contributed by atoms with van der Waals surface area (Å²) in [5, 5.41) is 0. The van der Waals surface area contributed by atoms with E-state index < -0.39 is 5.76 Å². The van der Waals surface area contributed by atoms with Gasteiger partial charge in [-0.05, 0) is 42.5 Å². The van der Waals surface area contributed by atoms with E-state index in [4.69, 9.17) is 10.2 Å². The van der Waals surface area contributed by atoms with Gasteiger partial charge in [0, 0.05) is 16.8 Å². The van der Waals surface area contributed by atoms with Gasteiger partial charge in [0.05, 0.1) is 5.52 Å². The van der Waals surface area contributed by atoms with Crippen LogP contribution in [0.2, 0.25) is 0 Å². The fourth-order valence-electron chi connectivity index (χ4n) is 1.89. The monoisotopic (exact) mass is 254 g/mol. The number of carbonyl (C=O) groups is 1. The van der Waals surface area contributed by atoms with Crippen molar-refractivity contribution in [1.29, 1.82) is 0 Å². The normalized spacial score (nSPS) is 10.7. The molecule has 3 rings (SSSR count). The van der Waals surface area contributed by atoms with Gasteiger partial charge in [0.2, 0.25) is 0 Å². The molecule has 0 aliphatic heterocycles. The number of carbonyl (C=O) groups excluding carboxylic acids is 1. The summed E-state index contributed by atoms with van der Waals surface area (Å²) in [5.74, 6) is -0.670. The highest BCUT2D eigenvalue weighted by Gasteiger charge is 2.11. The van der Waals surface area contributed by atoms with E-state index in [1.807, 2.05) is 0 Å². The van der Waals surface area contributed by atoms with Crippen molar-refractivity contribution in [2.24, 2.45) is 0 Å². The maximum absolute atomic E-state index is 12.2. The number of ketones is 1. The van der Waals surface area contributed by atoms with Gasteiger partial charge in [-0.3, -0.25) is 9.78 Å². The Kier molecular flexibility index (Phi) is 2.45. The van der Waals surface area contributed by atoms with Crippen LogP contribution in [0, 0.1) is 0 Å². The third-order valence-corrected chi connectivity index (χ3v) is 2.85. The summed E-state index contributed by atoms with van der Waals surface area (Å²) >= 11 is 0. The number of oxazole rings is 1. The molecule has 2 aromatic carbocycles.